The average molecular weight is 561 g/mol. The Labute approximate surface area is 237 Å². The molecule has 1 amide bonds. The lowest BCUT2D eigenvalue weighted by atomic mass is 10.1. The highest BCUT2D eigenvalue weighted by Crippen LogP contribution is 2.40. The number of nitrogens with zero attached hydrogens (tertiary/aromatic N) is 5. The van der Waals surface area contributed by atoms with Crippen molar-refractivity contribution in [3.63, 3.8) is 0 Å². The number of piperidine rings is 1. The summed E-state index contributed by atoms with van der Waals surface area (Å²) in [5, 5.41) is 8.92. The first-order valence-electron chi connectivity index (χ1n) is 13.9. The molecule has 0 atom stereocenters. The number of nitrogens with one attached hydrogen (secondary N) is 1. The van der Waals surface area contributed by atoms with E-state index in [1.165, 1.54) is 6.26 Å². The molecule has 4 aromatic rings. The lowest BCUT2D eigenvalue weighted by Crippen LogP contribution is -2.47. The van der Waals surface area contributed by atoms with Crippen molar-refractivity contribution in [1.29, 1.82) is 0 Å². The van der Waals surface area contributed by atoms with Gasteiger partial charge < -0.3 is 19.1 Å². The molecule has 1 fully saturated rings. The Morgan fingerprint density at radius 2 is 1.88 bits per heavy atom. The Bertz CT molecular complexity index is 1540. The number of carbonyl (C=O) groups excluding carboxylic acids is 1. The topological polar surface area (TPSA) is 98.3 Å². The maximum atomic E-state index is 13.4. The van der Waals surface area contributed by atoms with E-state index < -0.39 is 8.32 Å². The van der Waals surface area contributed by atoms with Crippen molar-refractivity contribution in [1.82, 2.24) is 19.7 Å². The van der Waals surface area contributed by atoms with Crippen LogP contribution in [-0.2, 0) is 11.5 Å². The van der Waals surface area contributed by atoms with E-state index in [9.17, 15) is 4.79 Å². The minimum absolute atomic E-state index is 0.182. The highest BCUT2D eigenvalue weighted by Gasteiger charge is 2.39. The summed E-state index contributed by atoms with van der Waals surface area (Å²) >= 11 is 0. The monoisotopic (exact) mass is 560 g/mol. The third-order valence-electron chi connectivity index (χ3n) is 8.33. The third kappa shape index (κ3) is 5.55. The number of fused-ring (bicyclic) bond motifs is 1. The number of amides is 1. The van der Waals surface area contributed by atoms with Crippen LogP contribution in [0.1, 0.15) is 55.5 Å². The number of hydrogen-bond donors (Lipinski definition) is 1. The average Bonchev–Trinajstić information content (AvgIpc) is 3.48. The maximum absolute atomic E-state index is 13.4. The fraction of sp³-hybridized carbons (Fsp3) is 0.467. The molecule has 1 saturated heterocycles. The molecule has 5 rings (SSSR count). The van der Waals surface area contributed by atoms with Crippen LogP contribution in [0.2, 0.25) is 18.1 Å². The number of aryl methyl sites for hydroxylation is 3. The summed E-state index contributed by atoms with van der Waals surface area (Å²) in [6, 6.07) is 7.85. The molecular weight excluding hydrogens is 520 g/mol. The second-order valence-electron chi connectivity index (χ2n) is 12.3. The van der Waals surface area contributed by atoms with Crippen molar-refractivity contribution in [3.05, 3.63) is 53.8 Å². The fourth-order valence-electron chi connectivity index (χ4n) is 5.01. The fourth-order valence-corrected chi connectivity index (χ4v) is 6.44. The van der Waals surface area contributed by atoms with Gasteiger partial charge in [-0.25, -0.2) is 4.98 Å². The van der Waals surface area contributed by atoms with Crippen molar-refractivity contribution in [2.75, 3.05) is 23.3 Å². The van der Waals surface area contributed by atoms with Crippen LogP contribution in [0.3, 0.4) is 0 Å². The van der Waals surface area contributed by atoms with Gasteiger partial charge in [0, 0.05) is 49.1 Å². The van der Waals surface area contributed by atoms with E-state index >= 15 is 0 Å². The number of carbonyl (C=O) groups is 1. The Hall–Kier alpha value is -3.50. The second kappa shape index (κ2) is 10.5. The van der Waals surface area contributed by atoms with Crippen LogP contribution in [0.15, 0.2) is 41.1 Å². The Balaban J connectivity index is 1.39. The van der Waals surface area contributed by atoms with Gasteiger partial charge in [-0.3, -0.25) is 14.5 Å². The first-order valence-corrected chi connectivity index (χ1v) is 16.8. The molecule has 0 aliphatic carbocycles. The van der Waals surface area contributed by atoms with Crippen molar-refractivity contribution < 1.29 is 13.6 Å². The molecule has 1 aliphatic heterocycles. The van der Waals surface area contributed by atoms with Gasteiger partial charge in [-0.15, -0.1) is 0 Å². The standard InChI is InChI=1S/C30H40N6O3Si/c1-19-15-21(9-12-31-19)29-33-25(18-38-29)28(37)32-24-16-23-20(2)34-35(6)26(23)17-27(24)36-13-10-22(11-14-36)39-40(7,8)30(3,4)5/h9,12,15-18,22H,10-11,13-14H2,1-8H3,(H,32,37). The van der Waals surface area contributed by atoms with Gasteiger partial charge in [-0.05, 0) is 69.1 Å². The van der Waals surface area contributed by atoms with Gasteiger partial charge in [-0.1, -0.05) is 20.8 Å². The number of rotatable bonds is 6. The molecule has 0 spiro atoms. The molecule has 0 unspecified atom stereocenters. The molecule has 1 N–H and O–H groups in total. The van der Waals surface area contributed by atoms with Crippen molar-refractivity contribution in [3.8, 4) is 11.5 Å². The number of anilines is 2. The van der Waals surface area contributed by atoms with Gasteiger partial charge in [0.15, 0.2) is 14.0 Å². The maximum Gasteiger partial charge on any atom is 0.277 e. The number of hydrogen-bond acceptors (Lipinski definition) is 7. The molecule has 1 aromatic carbocycles. The minimum Gasteiger partial charge on any atom is -0.444 e. The van der Waals surface area contributed by atoms with Crippen molar-refractivity contribution >= 4 is 36.5 Å². The number of benzene rings is 1. The summed E-state index contributed by atoms with van der Waals surface area (Å²) < 4.78 is 14.3. The molecule has 212 valence electrons. The molecular formula is C30H40N6O3Si. The zero-order valence-electron chi connectivity index (χ0n) is 24.8. The van der Waals surface area contributed by atoms with Gasteiger partial charge in [0.05, 0.1) is 22.6 Å². The first kappa shape index (κ1) is 28.0. The van der Waals surface area contributed by atoms with E-state index in [0.717, 1.165) is 65.2 Å². The molecule has 0 bridgehead atoms. The number of pyridine rings is 1. The summed E-state index contributed by atoms with van der Waals surface area (Å²) in [5.74, 6) is 0.0669. The summed E-state index contributed by atoms with van der Waals surface area (Å²) in [6.45, 7) is 17.1. The zero-order valence-corrected chi connectivity index (χ0v) is 25.8. The quantitative estimate of drug-likeness (QED) is 0.269. The number of aromatic nitrogens is 4. The van der Waals surface area contributed by atoms with Crippen LogP contribution >= 0.6 is 0 Å². The van der Waals surface area contributed by atoms with E-state index in [4.69, 9.17) is 8.84 Å². The van der Waals surface area contributed by atoms with Crippen molar-refractivity contribution in [2.45, 2.75) is 71.7 Å². The normalized spacial score (nSPS) is 15.2. The molecule has 1 aliphatic rings. The van der Waals surface area contributed by atoms with Crippen LogP contribution in [0.4, 0.5) is 11.4 Å². The Morgan fingerprint density at radius 3 is 2.55 bits per heavy atom. The van der Waals surface area contributed by atoms with E-state index in [1.54, 1.807) is 6.20 Å². The molecule has 4 heterocycles. The van der Waals surface area contributed by atoms with Gasteiger partial charge in [0.25, 0.3) is 5.91 Å². The molecule has 40 heavy (non-hydrogen) atoms. The van der Waals surface area contributed by atoms with E-state index in [1.807, 2.05) is 43.8 Å². The minimum atomic E-state index is -1.84. The smallest absolute Gasteiger partial charge is 0.277 e. The van der Waals surface area contributed by atoms with Gasteiger partial charge >= 0.3 is 0 Å². The van der Waals surface area contributed by atoms with E-state index in [2.05, 4.69) is 65.2 Å². The number of oxazole rings is 1. The lowest BCUT2D eigenvalue weighted by molar-refractivity contribution is 0.102. The predicted octanol–water partition coefficient (Wildman–Crippen LogP) is 6.48. The predicted molar refractivity (Wildman–Crippen MR) is 161 cm³/mol. The third-order valence-corrected chi connectivity index (χ3v) is 12.9. The van der Waals surface area contributed by atoms with E-state index in [0.29, 0.717) is 5.89 Å². The highest BCUT2D eigenvalue weighted by molar-refractivity contribution is 6.74. The van der Waals surface area contributed by atoms with Gasteiger partial charge in [-0.2, -0.15) is 5.10 Å². The first-order chi connectivity index (χ1) is 18.8. The molecule has 3 aromatic heterocycles. The van der Waals surface area contributed by atoms with Crippen LogP contribution in [-0.4, -0.2) is 53.2 Å². The lowest BCUT2D eigenvalue weighted by Gasteiger charge is -2.42. The highest BCUT2D eigenvalue weighted by atomic mass is 28.4. The molecule has 9 nitrogen and oxygen atoms in total. The van der Waals surface area contributed by atoms with Crippen LogP contribution in [0.25, 0.3) is 22.4 Å². The van der Waals surface area contributed by atoms with Crippen LogP contribution in [0.5, 0.6) is 0 Å². The SMILES string of the molecule is Cc1cc(-c2nc(C(=O)Nc3cc4c(C)nn(C)c4cc3N3CCC(O[Si](C)(C)C(C)(C)C)CC3)co2)ccn1. The van der Waals surface area contributed by atoms with Crippen LogP contribution in [0, 0.1) is 13.8 Å². The summed E-state index contributed by atoms with van der Waals surface area (Å²) in [5.41, 5.74) is 5.51. The summed E-state index contributed by atoms with van der Waals surface area (Å²) in [6.07, 6.45) is 5.24. The Morgan fingerprint density at radius 1 is 1.15 bits per heavy atom. The molecule has 0 radical (unpaired) electrons. The van der Waals surface area contributed by atoms with Crippen LogP contribution < -0.4 is 10.2 Å². The molecule has 10 heteroatoms. The van der Waals surface area contributed by atoms with Gasteiger partial charge in [0.2, 0.25) is 5.89 Å². The van der Waals surface area contributed by atoms with E-state index in [-0.39, 0.29) is 22.7 Å². The zero-order chi connectivity index (χ0) is 28.8. The largest absolute Gasteiger partial charge is 0.444 e. The van der Waals surface area contributed by atoms with Crippen molar-refractivity contribution in [2.24, 2.45) is 7.05 Å². The Kier molecular flexibility index (Phi) is 7.34. The molecule has 0 saturated carbocycles. The summed E-state index contributed by atoms with van der Waals surface area (Å²) in [4.78, 5) is 24.4. The van der Waals surface area contributed by atoms with Gasteiger partial charge in [0.1, 0.15) is 6.26 Å². The summed E-state index contributed by atoms with van der Waals surface area (Å²) in [7, 11) is 0.116. The second-order valence-corrected chi connectivity index (χ2v) is 17.1.